The fourth-order valence-electron chi connectivity index (χ4n) is 3.16. The van der Waals surface area contributed by atoms with Crippen LogP contribution < -0.4 is 14.8 Å². The minimum atomic E-state index is -0.147. The van der Waals surface area contributed by atoms with E-state index in [1.807, 2.05) is 4.90 Å². The molecule has 132 valence electrons. The summed E-state index contributed by atoms with van der Waals surface area (Å²) < 4.78 is 10.4. The van der Waals surface area contributed by atoms with Crippen LogP contribution in [0.5, 0.6) is 11.5 Å². The first-order valence-electron chi connectivity index (χ1n) is 8.34. The van der Waals surface area contributed by atoms with Crippen LogP contribution in [0.1, 0.15) is 39.0 Å². The predicted octanol–water partition coefficient (Wildman–Crippen LogP) is 2.82. The maximum atomic E-state index is 12.3. The van der Waals surface area contributed by atoms with Crippen molar-refractivity contribution in [2.75, 3.05) is 26.1 Å². The van der Waals surface area contributed by atoms with Crippen LogP contribution >= 0.6 is 0 Å². The molecule has 2 amide bonds. The van der Waals surface area contributed by atoms with Gasteiger partial charge >= 0.3 is 0 Å². The number of ether oxygens (including phenoxy) is 2. The molecule has 0 spiro atoms. The summed E-state index contributed by atoms with van der Waals surface area (Å²) >= 11 is 0. The van der Waals surface area contributed by atoms with Gasteiger partial charge in [-0.15, -0.1) is 0 Å². The van der Waals surface area contributed by atoms with Crippen molar-refractivity contribution in [1.29, 1.82) is 0 Å². The number of carbonyl (C=O) groups excluding carboxylic acids is 2. The van der Waals surface area contributed by atoms with Crippen LogP contribution in [0.15, 0.2) is 18.2 Å². The molecule has 0 saturated heterocycles. The molecule has 24 heavy (non-hydrogen) atoms. The molecule has 0 heterocycles. The standard InChI is InChI=1S/C18H26N2O4/c1-13(21)20(14-6-4-5-7-14)11-10-18(22)19-16-12-15(23-2)8-9-17(16)24-3/h8-9,12,14H,4-7,10-11H2,1-3H3,(H,19,22). The third-order valence-corrected chi connectivity index (χ3v) is 4.43. The number of amides is 2. The highest BCUT2D eigenvalue weighted by molar-refractivity contribution is 5.93. The second kappa shape index (κ2) is 8.57. The lowest BCUT2D eigenvalue weighted by molar-refractivity contribution is -0.131. The molecule has 1 aromatic rings. The van der Waals surface area contributed by atoms with Gasteiger partial charge in [0.1, 0.15) is 11.5 Å². The van der Waals surface area contributed by atoms with E-state index in [0.29, 0.717) is 23.7 Å². The summed E-state index contributed by atoms with van der Waals surface area (Å²) in [6, 6.07) is 5.51. The van der Waals surface area contributed by atoms with Gasteiger partial charge in [0.25, 0.3) is 0 Å². The first-order chi connectivity index (χ1) is 11.5. The largest absolute Gasteiger partial charge is 0.497 e. The average Bonchev–Trinajstić information content (AvgIpc) is 3.08. The summed E-state index contributed by atoms with van der Waals surface area (Å²) in [5.74, 6) is 1.10. The van der Waals surface area contributed by atoms with E-state index in [2.05, 4.69) is 5.32 Å². The van der Waals surface area contributed by atoms with Crippen LogP contribution in [0, 0.1) is 0 Å². The number of anilines is 1. The molecule has 1 fully saturated rings. The first kappa shape index (κ1) is 18.1. The number of methoxy groups -OCH3 is 2. The Morgan fingerprint density at radius 2 is 1.92 bits per heavy atom. The van der Waals surface area contributed by atoms with Crippen molar-refractivity contribution in [3.63, 3.8) is 0 Å². The van der Waals surface area contributed by atoms with E-state index < -0.39 is 0 Å². The normalized spacial score (nSPS) is 14.3. The Bertz CT molecular complexity index is 582. The van der Waals surface area contributed by atoms with Crippen molar-refractivity contribution in [1.82, 2.24) is 4.90 Å². The quantitative estimate of drug-likeness (QED) is 0.832. The highest BCUT2D eigenvalue weighted by Crippen LogP contribution is 2.29. The zero-order valence-corrected chi connectivity index (χ0v) is 14.6. The highest BCUT2D eigenvalue weighted by atomic mass is 16.5. The average molecular weight is 334 g/mol. The fraction of sp³-hybridized carbons (Fsp3) is 0.556. The van der Waals surface area contributed by atoms with Crippen molar-refractivity contribution in [2.24, 2.45) is 0 Å². The highest BCUT2D eigenvalue weighted by Gasteiger charge is 2.24. The minimum Gasteiger partial charge on any atom is -0.497 e. The second-order valence-corrected chi connectivity index (χ2v) is 6.02. The Kier molecular flexibility index (Phi) is 6.46. The number of benzene rings is 1. The molecule has 1 aliphatic rings. The van der Waals surface area contributed by atoms with Crippen LogP contribution in [0.2, 0.25) is 0 Å². The second-order valence-electron chi connectivity index (χ2n) is 6.02. The van der Waals surface area contributed by atoms with Gasteiger partial charge in [-0.3, -0.25) is 9.59 Å². The van der Waals surface area contributed by atoms with E-state index >= 15 is 0 Å². The Labute approximate surface area is 143 Å². The van der Waals surface area contributed by atoms with Gasteiger partial charge in [-0.1, -0.05) is 12.8 Å². The van der Waals surface area contributed by atoms with E-state index in [-0.39, 0.29) is 24.3 Å². The Hall–Kier alpha value is -2.24. The maximum absolute atomic E-state index is 12.3. The lowest BCUT2D eigenvalue weighted by Gasteiger charge is -2.27. The van der Waals surface area contributed by atoms with Crippen molar-refractivity contribution >= 4 is 17.5 Å². The molecule has 0 aromatic heterocycles. The molecule has 0 bridgehead atoms. The lowest BCUT2D eigenvalue weighted by Crippen LogP contribution is -2.39. The van der Waals surface area contributed by atoms with E-state index in [0.717, 1.165) is 25.7 Å². The number of hydrogen-bond acceptors (Lipinski definition) is 4. The van der Waals surface area contributed by atoms with Crippen LogP contribution in [-0.4, -0.2) is 43.5 Å². The molecule has 0 aliphatic heterocycles. The van der Waals surface area contributed by atoms with Crippen LogP contribution in [0.4, 0.5) is 5.69 Å². The predicted molar refractivity (Wildman–Crippen MR) is 92.4 cm³/mol. The van der Waals surface area contributed by atoms with Gasteiger partial charge in [-0.05, 0) is 25.0 Å². The third-order valence-electron chi connectivity index (χ3n) is 4.43. The van der Waals surface area contributed by atoms with Crippen molar-refractivity contribution in [2.45, 2.75) is 45.1 Å². The summed E-state index contributed by atoms with van der Waals surface area (Å²) in [7, 11) is 3.12. The van der Waals surface area contributed by atoms with Crippen LogP contribution in [0.25, 0.3) is 0 Å². The molecule has 1 aromatic carbocycles. The van der Waals surface area contributed by atoms with Gasteiger partial charge in [0.15, 0.2) is 0 Å². The molecule has 1 N–H and O–H groups in total. The topological polar surface area (TPSA) is 67.9 Å². The van der Waals surface area contributed by atoms with Crippen molar-refractivity contribution in [3.8, 4) is 11.5 Å². The number of rotatable bonds is 7. The van der Waals surface area contributed by atoms with E-state index in [1.54, 1.807) is 39.3 Å². The van der Waals surface area contributed by atoms with E-state index in [1.165, 1.54) is 0 Å². The molecular formula is C18H26N2O4. The van der Waals surface area contributed by atoms with Crippen LogP contribution in [0.3, 0.4) is 0 Å². The number of hydrogen-bond donors (Lipinski definition) is 1. The zero-order chi connectivity index (χ0) is 17.5. The smallest absolute Gasteiger partial charge is 0.226 e. The lowest BCUT2D eigenvalue weighted by atomic mass is 10.2. The number of nitrogens with one attached hydrogen (secondary N) is 1. The third kappa shape index (κ3) is 4.63. The van der Waals surface area contributed by atoms with E-state index in [4.69, 9.17) is 9.47 Å². The molecule has 1 saturated carbocycles. The molecule has 0 unspecified atom stereocenters. The van der Waals surface area contributed by atoms with Gasteiger partial charge in [-0.25, -0.2) is 0 Å². The SMILES string of the molecule is COc1ccc(OC)c(NC(=O)CCN(C(C)=O)C2CCCC2)c1. The monoisotopic (exact) mass is 334 g/mol. The first-order valence-corrected chi connectivity index (χ1v) is 8.34. The molecule has 1 aliphatic carbocycles. The molecular weight excluding hydrogens is 308 g/mol. The van der Waals surface area contributed by atoms with Gasteiger partial charge in [0.2, 0.25) is 11.8 Å². The molecule has 0 atom stereocenters. The fourth-order valence-corrected chi connectivity index (χ4v) is 3.16. The Balaban J connectivity index is 1.96. The van der Waals surface area contributed by atoms with Gasteiger partial charge in [0.05, 0.1) is 19.9 Å². The summed E-state index contributed by atoms with van der Waals surface area (Å²) in [6.07, 6.45) is 4.63. The van der Waals surface area contributed by atoms with Gasteiger partial charge in [0, 0.05) is 32.0 Å². The summed E-state index contributed by atoms with van der Waals surface area (Å²) in [5.41, 5.74) is 0.567. The molecule has 6 heteroatoms. The van der Waals surface area contributed by atoms with Gasteiger partial charge < -0.3 is 19.7 Å². The minimum absolute atomic E-state index is 0.0358. The maximum Gasteiger partial charge on any atom is 0.226 e. The van der Waals surface area contributed by atoms with Crippen molar-refractivity contribution in [3.05, 3.63) is 18.2 Å². The van der Waals surface area contributed by atoms with Crippen molar-refractivity contribution < 1.29 is 19.1 Å². The summed E-state index contributed by atoms with van der Waals surface area (Å²) in [5, 5.41) is 2.84. The Morgan fingerprint density at radius 1 is 1.21 bits per heavy atom. The summed E-state index contributed by atoms with van der Waals surface area (Å²) in [4.78, 5) is 25.9. The molecule has 6 nitrogen and oxygen atoms in total. The number of carbonyl (C=O) groups is 2. The van der Waals surface area contributed by atoms with E-state index in [9.17, 15) is 9.59 Å². The number of nitrogens with zero attached hydrogens (tertiary/aromatic N) is 1. The van der Waals surface area contributed by atoms with Gasteiger partial charge in [-0.2, -0.15) is 0 Å². The Morgan fingerprint density at radius 3 is 2.50 bits per heavy atom. The zero-order valence-electron chi connectivity index (χ0n) is 14.6. The van der Waals surface area contributed by atoms with Crippen LogP contribution in [-0.2, 0) is 9.59 Å². The molecule has 2 rings (SSSR count). The molecule has 0 radical (unpaired) electrons. The summed E-state index contributed by atoms with van der Waals surface area (Å²) in [6.45, 7) is 2.01.